The first kappa shape index (κ1) is 21.5. The highest BCUT2D eigenvalue weighted by molar-refractivity contribution is 7.84. The zero-order chi connectivity index (χ0) is 20.3. The highest BCUT2D eigenvalue weighted by atomic mass is 32.2. The van der Waals surface area contributed by atoms with Gasteiger partial charge in [-0.1, -0.05) is 60.7 Å². The lowest BCUT2D eigenvalue weighted by molar-refractivity contribution is 0.0907. The van der Waals surface area contributed by atoms with Crippen molar-refractivity contribution in [3.8, 4) is 0 Å². The second-order valence-electron chi connectivity index (χ2n) is 7.35. The molecule has 0 aliphatic carbocycles. The number of nitrogens with zero attached hydrogens (tertiary/aromatic N) is 2. The van der Waals surface area contributed by atoms with E-state index in [-0.39, 0.29) is 0 Å². The van der Waals surface area contributed by atoms with Gasteiger partial charge in [0, 0.05) is 54.9 Å². The number of ether oxygens (including phenoxy) is 1. The van der Waals surface area contributed by atoms with E-state index in [1.54, 1.807) is 0 Å². The molecule has 0 saturated carbocycles. The third kappa shape index (κ3) is 7.29. The standard InChI is InChI=1S/C23H31N3O2S/c1-24-23(25-13-15-29(27)19-21-10-6-3-7-11-21)26-14-12-22(16-26)18-28-17-20-8-4-2-5-9-20/h2-11,22H,12-19H2,1H3,(H,24,25). The Kier molecular flexibility index (Phi) is 8.71. The normalized spacial score (nSPS) is 18.0. The lowest BCUT2D eigenvalue weighted by Crippen LogP contribution is -2.41. The number of hydrogen-bond donors (Lipinski definition) is 1. The smallest absolute Gasteiger partial charge is 0.193 e. The summed E-state index contributed by atoms with van der Waals surface area (Å²) in [6, 6.07) is 20.3. The summed E-state index contributed by atoms with van der Waals surface area (Å²) in [4.78, 5) is 6.68. The van der Waals surface area contributed by atoms with Crippen molar-refractivity contribution in [2.24, 2.45) is 10.9 Å². The van der Waals surface area contributed by atoms with Gasteiger partial charge in [0.1, 0.15) is 0 Å². The molecule has 1 saturated heterocycles. The van der Waals surface area contributed by atoms with Crippen LogP contribution in [0.1, 0.15) is 17.5 Å². The first-order valence-electron chi connectivity index (χ1n) is 10.2. The zero-order valence-electron chi connectivity index (χ0n) is 17.1. The number of benzene rings is 2. The fraction of sp³-hybridized carbons (Fsp3) is 0.435. The van der Waals surface area contributed by atoms with Crippen LogP contribution in [-0.2, 0) is 27.9 Å². The van der Waals surface area contributed by atoms with E-state index in [0.717, 1.165) is 37.6 Å². The van der Waals surface area contributed by atoms with E-state index in [1.807, 2.05) is 55.6 Å². The van der Waals surface area contributed by atoms with Gasteiger partial charge in [0.25, 0.3) is 0 Å². The Morgan fingerprint density at radius 2 is 1.83 bits per heavy atom. The highest BCUT2D eigenvalue weighted by Gasteiger charge is 2.24. The number of aliphatic imine (C=N–C) groups is 1. The van der Waals surface area contributed by atoms with Crippen LogP contribution >= 0.6 is 0 Å². The molecular formula is C23H31N3O2S. The molecule has 1 N–H and O–H groups in total. The Balaban J connectivity index is 1.34. The molecule has 1 heterocycles. The van der Waals surface area contributed by atoms with Crippen molar-refractivity contribution in [3.63, 3.8) is 0 Å². The van der Waals surface area contributed by atoms with Gasteiger partial charge in [0.15, 0.2) is 5.96 Å². The number of guanidine groups is 1. The molecule has 3 rings (SSSR count). The maximum Gasteiger partial charge on any atom is 0.193 e. The first-order valence-corrected chi connectivity index (χ1v) is 11.7. The topological polar surface area (TPSA) is 53.9 Å². The summed E-state index contributed by atoms with van der Waals surface area (Å²) in [5, 5.41) is 3.37. The largest absolute Gasteiger partial charge is 0.376 e. The number of likely N-dealkylation sites (tertiary alicyclic amines) is 1. The van der Waals surface area contributed by atoms with Crippen LogP contribution in [0.3, 0.4) is 0 Å². The summed E-state index contributed by atoms with van der Waals surface area (Å²) >= 11 is 0. The van der Waals surface area contributed by atoms with E-state index >= 15 is 0 Å². The van der Waals surface area contributed by atoms with Crippen molar-refractivity contribution in [2.75, 3.05) is 39.0 Å². The Morgan fingerprint density at radius 1 is 1.14 bits per heavy atom. The molecule has 5 nitrogen and oxygen atoms in total. The average molecular weight is 414 g/mol. The predicted octanol–water partition coefficient (Wildman–Crippen LogP) is 3.05. The lowest BCUT2D eigenvalue weighted by Gasteiger charge is -2.21. The highest BCUT2D eigenvalue weighted by Crippen LogP contribution is 2.17. The molecule has 1 aliphatic rings. The van der Waals surface area contributed by atoms with E-state index in [1.165, 1.54) is 5.56 Å². The Hall–Kier alpha value is -2.18. The van der Waals surface area contributed by atoms with E-state index in [2.05, 4.69) is 27.3 Å². The molecular weight excluding hydrogens is 382 g/mol. The van der Waals surface area contributed by atoms with Gasteiger partial charge >= 0.3 is 0 Å². The Morgan fingerprint density at radius 3 is 2.52 bits per heavy atom. The summed E-state index contributed by atoms with van der Waals surface area (Å²) in [5.41, 5.74) is 2.33. The van der Waals surface area contributed by atoms with Gasteiger partial charge in [-0.15, -0.1) is 0 Å². The van der Waals surface area contributed by atoms with Crippen LogP contribution in [0.25, 0.3) is 0 Å². The number of nitrogens with one attached hydrogen (secondary N) is 1. The van der Waals surface area contributed by atoms with Crippen LogP contribution in [0.2, 0.25) is 0 Å². The monoisotopic (exact) mass is 413 g/mol. The molecule has 29 heavy (non-hydrogen) atoms. The molecule has 0 bridgehead atoms. The molecule has 2 unspecified atom stereocenters. The summed E-state index contributed by atoms with van der Waals surface area (Å²) in [6.45, 7) is 4.02. The quantitative estimate of drug-likeness (QED) is 0.507. The molecule has 2 aromatic carbocycles. The van der Waals surface area contributed by atoms with Gasteiger partial charge in [0.05, 0.1) is 13.2 Å². The Bertz CT molecular complexity index is 783. The molecule has 1 aliphatic heterocycles. The van der Waals surface area contributed by atoms with Crippen molar-refractivity contribution in [1.82, 2.24) is 10.2 Å². The van der Waals surface area contributed by atoms with Crippen molar-refractivity contribution in [1.29, 1.82) is 0 Å². The van der Waals surface area contributed by atoms with Crippen LogP contribution < -0.4 is 5.32 Å². The molecule has 156 valence electrons. The van der Waals surface area contributed by atoms with Gasteiger partial charge in [-0.25, -0.2) is 0 Å². The predicted molar refractivity (Wildman–Crippen MR) is 120 cm³/mol. The number of rotatable bonds is 9. The minimum absolute atomic E-state index is 0.518. The molecule has 1 fully saturated rings. The van der Waals surface area contributed by atoms with Crippen LogP contribution in [0.4, 0.5) is 0 Å². The van der Waals surface area contributed by atoms with E-state index in [4.69, 9.17) is 4.74 Å². The van der Waals surface area contributed by atoms with Crippen molar-refractivity contribution in [2.45, 2.75) is 18.8 Å². The van der Waals surface area contributed by atoms with Gasteiger partial charge in [0.2, 0.25) is 0 Å². The van der Waals surface area contributed by atoms with Gasteiger partial charge in [-0.3, -0.25) is 9.20 Å². The van der Waals surface area contributed by atoms with E-state index in [9.17, 15) is 4.21 Å². The third-order valence-corrected chi connectivity index (χ3v) is 6.36. The minimum Gasteiger partial charge on any atom is -0.376 e. The molecule has 6 heteroatoms. The first-order chi connectivity index (χ1) is 14.2. The molecule has 2 aromatic rings. The molecule has 0 spiro atoms. The fourth-order valence-corrected chi connectivity index (χ4v) is 4.56. The van der Waals surface area contributed by atoms with Crippen LogP contribution in [-0.4, -0.2) is 54.1 Å². The van der Waals surface area contributed by atoms with E-state index in [0.29, 0.717) is 30.6 Å². The SMILES string of the molecule is CN=C(NCCS(=O)Cc1ccccc1)N1CCC(COCc2ccccc2)C1. The molecule has 2 atom stereocenters. The number of hydrogen-bond acceptors (Lipinski definition) is 3. The summed E-state index contributed by atoms with van der Waals surface area (Å²) in [6.07, 6.45) is 1.11. The summed E-state index contributed by atoms with van der Waals surface area (Å²) < 4.78 is 18.2. The molecule has 0 aromatic heterocycles. The average Bonchev–Trinajstić information content (AvgIpc) is 3.21. The van der Waals surface area contributed by atoms with Gasteiger partial charge < -0.3 is 15.0 Å². The summed E-state index contributed by atoms with van der Waals surface area (Å²) in [5.74, 6) is 2.63. The lowest BCUT2D eigenvalue weighted by atomic mass is 10.1. The minimum atomic E-state index is -0.877. The second-order valence-corrected chi connectivity index (χ2v) is 8.93. The van der Waals surface area contributed by atoms with Crippen molar-refractivity contribution in [3.05, 3.63) is 71.8 Å². The van der Waals surface area contributed by atoms with Crippen molar-refractivity contribution < 1.29 is 8.95 Å². The summed E-state index contributed by atoms with van der Waals surface area (Å²) in [7, 11) is 0.932. The molecule has 0 amide bonds. The van der Waals surface area contributed by atoms with Crippen molar-refractivity contribution >= 4 is 16.8 Å². The van der Waals surface area contributed by atoms with Crippen LogP contribution in [0.5, 0.6) is 0 Å². The van der Waals surface area contributed by atoms with Crippen LogP contribution in [0, 0.1) is 5.92 Å². The second kappa shape index (κ2) is 11.7. The fourth-order valence-electron chi connectivity index (χ4n) is 3.52. The zero-order valence-corrected chi connectivity index (χ0v) is 17.9. The van der Waals surface area contributed by atoms with E-state index < -0.39 is 10.8 Å². The third-order valence-electron chi connectivity index (χ3n) is 5.05. The Labute approximate surface area is 176 Å². The van der Waals surface area contributed by atoms with Gasteiger partial charge in [-0.05, 0) is 17.5 Å². The molecule has 0 radical (unpaired) electrons. The maximum atomic E-state index is 12.3. The van der Waals surface area contributed by atoms with Crippen LogP contribution in [0.15, 0.2) is 65.7 Å². The maximum absolute atomic E-state index is 12.3. The van der Waals surface area contributed by atoms with Gasteiger partial charge in [-0.2, -0.15) is 0 Å².